The quantitative estimate of drug-likeness (QED) is 0.863. The van der Waals surface area contributed by atoms with Crippen LogP contribution in [0.4, 0.5) is 4.79 Å². The minimum Gasteiger partial charge on any atom is -0.448 e. The average Bonchev–Trinajstić information content (AvgIpc) is 2.86. The van der Waals surface area contributed by atoms with Gasteiger partial charge in [0.25, 0.3) is 0 Å². The van der Waals surface area contributed by atoms with Crippen molar-refractivity contribution in [2.45, 2.75) is 32.8 Å². The molecule has 0 radical (unpaired) electrons. The van der Waals surface area contributed by atoms with Crippen LogP contribution in [-0.4, -0.2) is 18.2 Å². The molecule has 118 valence electrons. The lowest BCUT2D eigenvalue weighted by Crippen LogP contribution is -2.32. The third kappa shape index (κ3) is 4.79. The molecule has 5 nitrogen and oxygen atoms in total. The van der Waals surface area contributed by atoms with E-state index in [-0.39, 0.29) is 6.54 Å². The maximum absolute atomic E-state index is 11.5. The number of fused-ring (bicyclic) bond motifs is 1. The van der Waals surface area contributed by atoms with Crippen molar-refractivity contribution in [3.05, 3.63) is 35.6 Å². The van der Waals surface area contributed by atoms with E-state index < -0.39 is 11.7 Å². The van der Waals surface area contributed by atoms with Crippen molar-refractivity contribution < 1.29 is 13.9 Å². The molecule has 1 N–H and O–H groups in total. The zero-order chi connectivity index (χ0) is 16.9. The molecule has 1 amide bonds. The Hall–Kier alpha value is -2.92. The maximum Gasteiger partial charge on any atom is 0.408 e. The molecule has 0 atom stereocenters. The molecule has 23 heavy (non-hydrogen) atoms. The van der Waals surface area contributed by atoms with Crippen LogP contribution in [0.1, 0.15) is 32.1 Å². The molecule has 0 saturated heterocycles. The summed E-state index contributed by atoms with van der Waals surface area (Å²) in [5.74, 6) is 6.16. The van der Waals surface area contributed by atoms with E-state index in [2.05, 4.69) is 23.2 Å². The summed E-state index contributed by atoms with van der Waals surface area (Å²) >= 11 is 0. The van der Waals surface area contributed by atoms with Gasteiger partial charge in [-0.05, 0) is 38.3 Å². The topological polar surface area (TPSA) is 75.3 Å². The highest BCUT2D eigenvalue weighted by atomic mass is 16.6. The number of ether oxygens (including phenoxy) is 1. The first-order valence-electron chi connectivity index (χ1n) is 7.23. The van der Waals surface area contributed by atoms with E-state index in [4.69, 9.17) is 14.4 Å². The number of rotatable bonds is 2. The second-order valence-corrected chi connectivity index (χ2v) is 5.93. The molecule has 0 spiro atoms. The van der Waals surface area contributed by atoms with Crippen LogP contribution in [-0.2, 0) is 11.2 Å². The van der Waals surface area contributed by atoms with Gasteiger partial charge in [-0.25, -0.2) is 4.79 Å². The van der Waals surface area contributed by atoms with Crippen molar-refractivity contribution >= 4 is 17.1 Å². The van der Waals surface area contributed by atoms with Gasteiger partial charge in [0.1, 0.15) is 11.2 Å². The molecule has 1 heterocycles. The molecule has 2 rings (SSSR count). The summed E-state index contributed by atoms with van der Waals surface area (Å²) in [6.07, 6.45) is -0.183. The van der Waals surface area contributed by atoms with Gasteiger partial charge in [-0.2, -0.15) is 5.26 Å². The monoisotopic (exact) mass is 310 g/mol. The Bertz CT molecular complexity index is 811. The molecule has 0 aliphatic rings. The molecular formula is C18H18N2O3. The van der Waals surface area contributed by atoms with Crippen LogP contribution in [0.3, 0.4) is 0 Å². The Morgan fingerprint density at radius 3 is 2.87 bits per heavy atom. The number of carbonyl (C=O) groups excluding carboxylic acids is 1. The first-order valence-corrected chi connectivity index (χ1v) is 7.23. The number of carbonyl (C=O) groups is 1. The first kappa shape index (κ1) is 16.5. The smallest absolute Gasteiger partial charge is 0.408 e. The fourth-order valence-electron chi connectivity index (χ4n) is 1.98. The molecule has 0 bridgehead atoms. The van der Waals surface area contributed by atoms with Crippen molar-refractivity contribution in [3.63, 3.8) is 0 Å². The normalized spacial score (nSPS) is 10.5. The van der Waals surface area contributed by atoms with Crippen LogP contribution in [0.5, 0.6) is 0 Å². The molecule has 2 aromatic rings. The van der Waals surface area contributed by atoms with Crippen LogP contribution in [0.25, 0.3) is 11.0 Å². The molecule has 0 saturated carbocycles. The number of amides is 1. The third-order valence-electron chi connectivity index (χ3n) is 2.85. The van der Waals surface area contributed by atoms with E-state index in [9.17, 15) is 4.79 Å². The van der Waals surface area contributed by atoms with E-state index >= 15 is 0 Å². The van der Waals surface area contributed by atoms with Crippen molar-refractivity contribution in [1.82, 2.24) is 5.32 Å². The van der Waals surface area contributed by atoms with Gasteiger partial charge >= 0.3 is 6.09 Å². The van der Waals surface area contributed by atoms with Gasteiger partial charge in [-0.1, -0.05) is 18.1 Å². The van der Waals surface area contributed by atoms with Crippen molar-refractivity contribution in [2.24, 2.45) is 0 Å². The largest absolute Gasteiger partial charge is 0.448 e. The Balaban J connectivity index is 2.02. The summed E-state index contributed by atoms with van der Waals surface area (Å²) in [5.41, 5.74) is 1.07. The lowest BCUT2D eigenvalue weighted by atomic mass is 10.1. The average molecular weight is 310 g/mol. The molecular weight excluding hydrogens is 292 g/mol. The number of nitrogens with one attached hydrogen (secondary N) is 1. The summed E-state index contributed by atoms with van der Waals surface area (Å²) in [7, 11) is 0. The minimum absolute atomic E-state index is 0.164. The third-order valence-corrected chi connectivity index (χ3v) is 2.85. The number of benzene rings is 1. The van der Waals surface area contributed by atoms with Gasteiger partial charge in [0.15, 0.2) is 5.76 Å². The van der Waals surface area contributed by atoms with E-state index in [1.807, 2.05) is 24.3 Å². The van der Waals surface area contributed by atoms with Gasteiger partial charge in [-0.3, -0.25) is 0 Å². The van der Waals surface area contributed by atoms with E-state index in [1.54, 1.807) is 20.8 Å². The van der Waals surface area contributed by atoms with Crippen LogP contribution in [0.2, 0.25) is 0 Å². The number of alkyl carbamates (subject to hydrolysis) is 1. The SMILES string of the molecule is CC(C)(C)OC(=O)NCC#Cc1cc2c(CC#N)cccc2o1. The standard InChI is InChI=1S/C18H18N2O3/c1-18(2,3)23-17(21)20-11-5-7-14-12-15-13(9-10-19)6-4-8-16(15)22-14/h4,6,8,12H,9,11H2,1-3H3,(H,20,21). The lowest BCUT2D eigenvalue weighted by Gasteiger charge is -2.18. The van der Waals surface area contributed by atoms with Gasteiger partial charge in [0, 0.05) is 11.5 Å². The maximum atomic E-state index is 11.5. The predicted octanol–water partition coefficient (Wildman–Crippen LogP) is 3.38. The summed E-state index contributed by atoms with van der Waals surface area (Å²) in [6, 6.07) is 9.51. The highest BCUT2D eigenvalue weighted by Crippen LogP contribution is 2.22. The number of hydrogen-bond donors (Lipinski definition) is 1. The van der Waals surface area contributed by atoms with Gasteiger partial charge in [0.05, 0.1) is 19.0 Å². The fraction of sp³-hybridized carbons (Fsp3) is 0.333. The Morgan fingerprint density at radius 1 is 1.39 bits per heavy atom. The molecule has 0 unspecified atom stereocenters. The van der Waals surface area contributed by atoms with E-state index in [1.165, 1.54) is 0 Å². The number of furan rings is 1. The molecule has 0 fully saturated rings. The minimum atomic E-state index is -0.534. The van der Waals surface area contributed by atoms with Crippen LogP contribution < -0.4 is 5.32 Å². The highest BCUT2D eigenvalue weighted by Gasteiger charge is 2.15. The zero-order valence-electron chi connectivity index (χ0n) is 13.4. The van der Waals surface area contributed by atoms with E-state index in [0.29, 0.717) is 17.8 Å². The Morgan fingerprint density at radius 2 is 2.17 bits per heavy atom. The second kappa shape index (κ2) is 6.89. The Kier molecular flexibility index (Phi) is 4.93. The number of hydrogen-bond acceptors (Lipinski definition) is 4. The fourth-order valence-corrected chi connectivity index (χ4v) is 1.98. The van der Waals surface area contributed by atoms with E-state index in [0.717, 1.165) is 10.9 Å². The highest BCUT2D eigenvalue weighted by molar-refractivity contribution is 5.82. The van der Waals surface area contributed by atoms with Crippen LogP contribution >= 0.6 is 0 Å². The summed E-state index contributed by atoms with van der Waals surface area (Å²) in [4.78, 5) is 11.5. The summed E-state index contributed by atoms with van der Waals surface area (Å²) in [6.45, 7) is 5.56. The van der Waals surface area contributed by atoms with Gasteiger partial charge in [-0.15, -0.1) is 0 Å². The zero-order valence-corrected chi connectivity index (χ0v) is 13.4. The molecule has 0 aliphatic heterocycles. The van der Waals surface area contributed by atoms with Crippen molar-refractivity contribution in [3.8, 4) is 17.9 Å². The van der Waals surface area contributed by atoms with Crippen LogP contribution in [0, 0.1) is 23.2 Å². The Labute approximate surface area is 135 Å². The second-order valence-electron chi connectivity index (χ2n) is 5.93. The van der Waals surface area contributed by atoms with Crippen LogP contribution in [0.15, 0.2) is 28.7 Å². The first-order chi connectivity index (χ1) is 10.9. The number of nitriles is 1. The number of nitrogens with zero attached hydrogens (tertiary/aromatic N) is 1. The van der Waals surface area contributed by atoms with Crippen molar-refractivity contribution in [1.29, 1.82) is 5.26 Å². The summed E-state index contributed by atoms with van der Waals surface area (Å²) < 4.78 is 10.7. The van der Waals surface area contributed by atoms with Gasteiger partial charge < -0.3 is 14.5 Å². The molecule has 5 heteroatoms. The molecule has 1 aromatic heterocycles. The van der Waals surface area contributed by atoms with Gasteiger partial charge in [0.2, 0.25) is 0 Å². The molecule has 0 aliphatic carbocycles. The molecule has 1 aromatic carbocycles. The predicted molar refractivity (Wildman–Crippen MR) is 86.6 cm³/mol. The summed E-state index contributed by atoms with van der Waals surface area (Å²) in [5, 5.41) is 12.3. The lowest BCUT2D eigenvalue weighted by molar-refractivity contribution is 0.0535. The van der Waals surface area contributed by atoms with Crippen molar-refractivity contribution in [2.75, 3.05) is 6.54 Å².